The lowest BCUT2D eigenvalue weighted by Crippen LogP contribution is -2.52. The molecule has 0 aliphatic carbocycles. The lowest BCUT2D eigenvalue weighted by molar-refractivity contribution is -0.384. The Balaban J connectivity index is 1.62. The van der Waals surface area contributed by atoms with Crippen molar-refractivity contribution in [2.75, 3.05) is 16.9 Å². The van der Waals surface area contributed by atoms with Crippen molar-refractivity contribution in [3.05, 3.63) is 98.9 Å². The van der Waals surface area contributed by atoms with E-state index in [-0.39, 0.29) is 29.3 Å². The largest absolute Gasteiger partial charge is 0.324 e. The predicted molar refractivity (Wildman–Crippen MR) is 137 cm³/mol. The highest BCUT2D eigenvalue weighted by molar-refractivity contribution is 7.99. The number of ketones is 1. The number of nitrogens with zero attached hydrogens (tertiary/aromatic N) is 3. The highest BCUT2D eigenvalue weighted by Gasteiger charge is 2.69. The first-order valence-corrected chi connectivity index (χ1v) is 13.0. The Bertz CT molecular complexity index is 1410. The number of nitro groups is 1. The molecule has 36 heavy (non-hydrogen) atoms. The Morgan fingerprint density at radius 2 is 2.00 bits per heavy atom. The van der Waals surface area contributed by atoms with Gasteiger partial charge in [0.15, 0.2) is 5.78 Å². The number of Topliss-reactive ketones (excluding diaryl/α,β-unsaturated/α-hetero) is 1. The number of aromatic nitrogens is 1. The van der Waals surface area contributed by atoms with Gasteiger partial charge in [-0.05, 0) is 37.1 Å². The van der Waals surface area contributed by atoms with Crippen LogP contribution in [-0.2, 0) is 10.3 Å². The molecule has 3 aliphatic rings. The number of pyridine rings is 1. The molecule has 4 heterocycles. The maximum atomic E-state index is 14.4. The third-order valence-electron chi connectivity index (χ3n) is 7.79. The van der Waals surface area contributed by atoms with E-state index in [1.165, 1.54) is 12.1 Å². The molecular weight excluding hydrogens is 476 g/mol. The molecule has 2 aromatic carbocycles. The van der Waals surface area contributed by atoms with Gasteiger partial charge < -0.3 is 5.32 Å². The molecule has 182 valence electrons. The number of carbonyl (C=O) groups is 2. The summed E-state index contributed by atoms with van der Waals surface area (Å²) in [6.07, 6.45) is 3.17. The number of nitro benzene ring substituents is 1. The van der Waals surface area contributed by atoms with Crippen LogP contribution in [0, 0.1) is 29.9 Å². The molecule has 0 radical (unpaired) electrons. The van der Waals surface area contributed by atoms with E-state index in [9.17, 15) is 19.7 Å². The minimum Gasteiger partial charge on any atom is -0.324 e. The molecule has 9 heteroatoms. The number of carbonyl (C=O) groups excluding carboxylic acids is 2. The summed E-state index contributed by atoms with van der Waals surface area (Å²) in [4.78, 5) is 45.7. The van der Waals surface area contributed by atoms with Crippen LogP contribution in [0.2, 0.25) is 0 Å². The molecule has 3 aliphatic heterocycles. The van der Waals surface area contributed by atoms with Gasteiger partial charge in [0, 0.05) is 64.9 Å². The van der Waals surface area contributed by atoms with Crippen LogP contribution in [0.15, 0.2) is 60.9 Å². The maximum Gasteiger partial charge on any atom is 0.269 e. The van der Waals surface area contributed by atoms with Gasteiger partial charge in [-0.25, -0.2) is 0 Å². The number of rotatable bonds is 4. The second-order valence-corrected chi connectivity index (χ2v) is 10.7. The van der Waals surface area contributed by atoms with E-state index in [2.05, 4.69) is 15.2 Å². The normalized spacial score (nSPS) is 26.6. The van der Waals surface area contributed by atoms with Gasteiger partial charge in [-0.15, -0.1) is 11.8 Å². The second kappa shape index (κ2) is 8.25. The summed E-state index contributed by atoms with van der Waals surface area (Å²) in [5.41, 5.74) is 3.69. The quantitative estimate of drug-likeness (QED) is 0.321. The summed E-state index contributed by atoms with van der Waals surface area (Å²) in [6.45, 7) is 3.97. The van der Waals surface area contributed by atoms with Gasteiger partial charge in [0.25, 0.3) is 5.69 Å². The van der Waals surface area contributed by atoms with Crippen molar-refractivity contribution in [1.29, 1.82) is 0 Å². The fraction of sp³-hybridized carbons (Fsp3) is 0.296. The van der Waals surface area contributed by atoms with Crippen molar-refractivity contribution in [3.8, 4) is 0 Å². The van der Waals surface area contributed by atoms with E-state index in [1.807, 2.05) is 26.0 Å². The number of hydrogen-bond donors (Lipinski definition) is 1. The first-order valence-electron chi connectivity index (χ1n) is 11.8. The zero-order valence-electron chi connectivity index (χ0n) is 19.8. The molecule has 0 saturated carbocycles. The average molecular weight is 501 g/mol. The molecule has 0 unspecified atom stereocenters. The van der Waals surface area contributed by atoms with Gasteiger partial charge in [-0.3, -0.25) is 29.6 Å². The molecule has 1 N–H and O–H groups in total. The zero-order valence-corrected chi connectivity index (χ0v) is 20.6. The minimum absolute atomic E-state index is 0.00514. The highest BCUT2D eigenvalue weighted by atomic mass is 32.2. The molecule has 6 rings (SSSR count). The van der Waals surface area contributed by atoms with Gasteiger partial charge in [-0.2, -0.15) is 0 Å². The summed E-state index contributed by atoms with van der Waals surface area (Å²) in [5, 5.41) is 14.4. The number of aryl methyl sites for hydroxylation is 2. The van der Waals surface area contributed by atoms with Crippen LogP contribution in [0.4, 0.5) is 11.4 Å². The summed E-state index contributed by atoms with van der Waals surface area (Å²) in [6, 6.07) is 13.9. The van der Waals surface area contributed by atoms with Crippen LogP contribution in [-0.4, -0.2) is 44.2 Å². The third kappa shape index (κ3) is 3.09. The smallest absolute Gasteiger partial charge is 0.269 e. The number of benzene rings is 2. The standard InChI is InChI=1S/C27H24N4O4S/c1-15-10-16(2)24-20(11-15)27(26(33)29-24)23(25(32)18-4-3-9-28-12-18)22(21-13-36-14-30(21)27)17-5-7-19(8-6-17)31(34)35/h3-12,21-23H,13-14H2,1-2H3,(H,29,33)/t21-,22-,23+,27-/m0/s1. The van der Waals surface area contributed by atoms with E-state index in [4.69, 9.17) is 0 Å². The average Bonchev–Trinajstić information content (AvgIpc) is 3.53. The van der Waals surface area contributed by atoms with Gasteiger partial charge in [0.1, 0.15) is 5.54 Å². The zero-order chi connectivity index (χ0) is 25.2. The van der Waals surface area contributed by atoms with Crippen molar-refractivity contribution in [2.24, 2.45) is 5.92 Å². The molecule has 0 bridgehead atoms. The SMILES string of the molecule is Cc1cc(C)c2c(c1)[C@@]1(C(=O)N2)[C@@H](C(=O)c2cccnc2)[C@@H](c2ccc([N+](=O)[O-])cc2)[C@@H]2CSCN21. The topological polar surface area (TPSA) is 105 Å². The van der Waals surface area contributed by atoms with Crippen LogP contribution in [0.5, 0.6) is 0 Å². The van der Waals surface area contributed by atoms with Gasteiger partial charge >= 0.3 is 0 Å². The first kappa shape index (κ1) is 22.9. The van der Waals surface area contributed by atoms with E-state index < -0.39 is 16.4 Å². The molecule has 2 saturated heterocycles. The van der Waals surface area contributed by atoms with E-state index in [0.717, 1.165) is 33.7 Å². The molecule has 1 spiro atoms. The molecule has 2 fully saturated rings. The summed E-state index contributed by atoms with van der Waals surface area (Å²) >= 11 is 1.74. The third-order valence-corrected chi connectivity index (χ3v) is 8.83. The van der Waals surface area contributed by atoms with Crippen molar-refractivity contribution >= 4 is 34.8 Å². The van der Waals surface area contributed by atoms with Crippen LogP contribution in [0.1, 0.15) is 38.5 Å². The Morgan fingerprint density at radius 1 is 1.22 bits per heavy atom. The van der Waals surface area contributed by atoms with Crippen LogP contribution in [0.3, 0.4) is 0 Å². The molecule has 4 atom stereocenters. The lowest BCUT2D eigenvalue weighted by atomic mass is 9.69. The number of fused-ring (bicyclic) bond motifs is 4. The Hall–Kier alpha value is -3.56. The predicted octanol–water partition coefficient (Wildman–Crippen LogP) is 4.43. The summed E-state index contributed by atoms with van der Waals surface area (Å²) in [7, 11) is 0. The number of nitrogens with one attached hydrogen (secondary N) is 1. The Labute approximate surface area is 212 Å². The monoisotopic (exact) mass is 500 g/mol. The molecule has 1 aromatic heterocycles. The van der Waals surface area contributed by atoms with Gasteiger partial charge in [0.05, 0.1) is 10.8 Å². The highest BCUT2D eigenvalue weighted by Crippen LogP contribution is 2.61. The molecule has 8 nitrogen and oxygen atoms in total. The first-order chi connectivity index (χ1) is 17.3. The fourth-order valence-corrected chi connectivity index (χ4v) is 7.74. The van der Waals surface area contributed by atoms with E-state index >= 15 is 0 Å². The molecular formula is C27H24N4O4S. The summed E-state index contributed by atoms with van der Waals surface area (Å²) < 4.78 is 0. The Morgan fingerprint density at radius 3 is 2.69 bits per heavy atom. The lowest BCUT2D eigenvalue weighted by Gasteiger charge is -2.36. The number of thioether (sulfide) groups is 1. The Kier molecular flexibility index (Phi) is 5.24. The molecule has 3 aromatic rings. The van der Waals surface area contributed by atoms with Gasteiger partial charge in [-0.1, -0.05) is 29.8 Å². The van der Waals surface area contributed by atoms with Crippen molar-refractivity contribution in [1.82, 2.24) is 9.88 Å². The second-order valence-electron chi connectivity index (χ2n) is 9.72. The summed E-state index contributed by atoms with van der Waals surface area (Å²) in [5.74, 6) is -0.0146. The number of hydrogen-bond acceptors (Lipinski definition) is 7. The van der Waals surface area contributed by atoms with Crippen LogP contribution in [0.25, 0.3) is 0 Å². The van der Waals surface area contributed by atoms with Crippen LogP contribution < -0.4 is 5.32 Å². The van der Waals surface area contributed by atoms with Crippen molar-refractivity contribution in [3.63, 3.8) is 0 Å². The maximum absolute atomic E-state index is 14.4. The van der Waals surface area contributed by atoms with Crippen molar-refractivity contribution < 1.29 is 14.5 Å². The number of anilines is 1. The minimum atomic E-state index is -1.18. The number of amides is 1. The van der Waals surface area contributed by atoms with Crippen molar-refractivity contribution in [2.45, 2.75) is 31.3 Å². The number of non-ortho nitro benzene ring substituents is 1. The fourth-order valence-electron chi connectivity index (χ4n) is 6.41. The van der Waals surface area contributed by atoms with E-state index in [0.29, 0.717) is 11.4 Å². The van der Waals surface area contributed by atoms with Gasteiger partial charge in [0.2, 0.25) is 5.91 Å². The van der Waals surface area contributed by atoms with Crippen LogP contribution >= 0.6 is 11.8 Å². The molecule has 1 amide bonds. The van der Waals surface area contributed by atoms with E-state index in [1.54, 1.807) is 48.4 Å².